The van der Waals surface area contributed by atoms with Crippen molar-refractivity contribution in [1.82, 2.24) is 10.6 Å². The van der Waals surface area contributed by atoms with Gasteiger partial charge in [-0.25, -0.2) is 0 Å². The van der Waals surface area contributed by atoms with Gasteiger partial charge in [0.15, 0.2) is 0 Å². The highest BCUT2D eigenvalue weighted by Gasteiger charge is 2.19. The number of hydrogen-bond acceptors (Lipinski definition) is 3. The highest BCUT2D eigenvalue weighted by Crippen LogP contribution is 2.19. The van der Waals surface area contributed by atoms with E-state index in [-0.39, 0.29) is 11.9 Å². The first kappa shape index (κ1) is 11.9. The molecule has 0 aliphatic carbocycles. The summed E-state index contributed by atoms with van der Waals surface area (Å²) in [7, 11) is 0. The van der Waals surface area contributed by atoms with E-state index in [4.69, 9.17) is 11.6 Å². The molecule has 88 valence electrons. The zero-order valence-corrected chi connectivity index (χ0v) is 10.5. The van der Waals surface area contributed by atoms with Crippen molar-refractivity contribution in [3.05, 3.63) is 21.3 Å². The SMILES string of the molecule is O=C1NCCCCC1NCc1cc(Cl)cs1. The van der Waals surface area contributed by atoms with Gasteiger partial charge < -0.3 is 10.6 Å². The summed E-state index contributed by atoms with van der Waals surface area (Å²) in [6.45, 7) is 1.53. The first-order chi connectivity index (χ1) is 7.75. The van der Waals surface area contributed by atoms with E-state index in [1.807, 2.05) is 11.4 Å². The van der Waals surface area contributed by atoms with Gasteiger partial charge in [0.2, 0.25) is 5.91 Å². The van der Waals surface area contributed by atoms with Gasteiger partial charge in [0.1, 0.15) is 0 Å². The van der Waals surface area contributed by atoms with Gasteiger partial charge in [0, 0.05) is 23.3 Å². The van der Waals surface area contributed by atoms with Crippen molar-refractivity contribution in [2.24, 2.45) is 0 Å². The fraction of sp³-hybridized carbons (Fsp3) is 0.545. The molecule has 0 saturated carbocycles. The molecule has 0 spiro atoms. The number of rotatable bonds is 3. The van der Waals surface area contributed by atoms with Crippen LogP contribution < -0.4 is 10.6 Å². The monoisotopic (exact) mass is 258 g/mol. The molecule has 1 amide bonds. The average Bonchev–Trinajstić information content (AvgIpc) is 2.56. The molecule has 1 fully saturated rings. The van der Waals surface area contributed by atoms with Gasteiger partial charge in [0.25, 0.3) is 0 Å². The molecule has 16 heavy (non-hydrogen) atoms. The molecule has 1 unspecified atom stereocenters. The van der Waals surface area contributed by atoms with Gasteiger partial charge in [-0.3, -0.25) is 4.79 Å². The Labute approximate surface area is 104 Å². The van der Waals surface area contributed by atoms with Gasteiger partial charge >= 0.3 is 0 Å². The number of carbonyl (C=O) groups excluding carboxylic acids is 1. The lowest BCUT2D eigenvalue weighted by molar-refractivity contribution is -0.122. The zero-order chi connectivity index (χ0) is 11.4. The van der Waals surface area contributed by atoms with Crippen LogP contribution in [0.5, 0.6) is 0 Å². The molecule has 1 aliphatic heterocycles. The third-order valence-electron chi connectivity index (χ3n) is 2.68. The summed E-state index contributed by atoms with van der Waals surface area (Å²) in [5.74, 6) is 0.125. The normalized spacial score (nSPS) is 21.6. The first-order valence-corrected chi connectivity index (χ1v) is 6.75. The van der Waals surface area contributed by atoms with Crippen LogP contribution in [-0.2, 0) is 11.3 Å². The van der Waals surface area contributed by atoms with Crippen molar-refractivity contribution in [2.45, 2.75) is 31.8 Å². The summed E-state index contributed by atoms with van der Waals surface area (Å²) >= 11 is 7.46. The van der Waals surface area contributed by atoms with E-state index in [9.17, 15) is 4.79 Å². The molecule has 0 radical (unpaired) electrons. The highest BCUT2D eigenvalue weighted by atomic mass is 35.5. The topological polar surface area (TPSA) is 41.1 Å². The van der Waals surface area contributed by atoms with Gasteiger partial charge in [0.05, 0.1) is 11.1 Å². The molecule has 1 atom stereocenters. The van der Waals surface area contributed by atoms with Gasteiger partial charge in [-0.2, -0.15) is 0 Å². The van der Waals surface area contributed by atoms with Crippen LogP contribution in [0.2, 0.25) is 5.02 Å². The molecule has 5 heteroatoms. The van der Waals surface area contributed by atoms with Gasteiger partial charge in [-0.15, -0.1) is 11.3 Å². The van der Waals surface area contributed by atoms with Crippen molar-refractivity contribution in [1.29, 1.82) is 0 Å². The van der Waals surface area contributed by atoms with Crippen LogP contribution in [0.25, 0.3) is 0 Å². The maximum absolute atomic E-state index is 11.6. The fourth-order valence-electron chi connectivity index (χ4n) is 1.80. The Bertz CT molecular complexity index is 367. The Morgan fingerprint density at radius 3 is 3.19 bits per heavy atom. The molecule has 3 nitrogen and oxygen atoms in total. The van der Waals surface area contributed by atoms with E-state index in [0.29, 0.717) is 0 Å². The highest BCUT2D eigenvalue weighted by molar-refractivity contribution is 7.10. The molecule has 1 aromatic rings. The van der Waals surface area contributed by atoms with E-state index in [0.717, 1.165) is 37.4 Å². The van der Waals surface area contributed by atoms with E-state index in [1.54, 1.807) is 11.3 Å². The Kier molecular flexibility index (Phi) is 4.21. The van der Waals surface area contributed by atoms with Crippen LogP contribution in [0.15, 0.2) is 11.4 Å². The Hall–Kier alpha value is -0.580. The molecule has 0 aromatic carbocycles. The zero-order valence-electron chi connectivity index (χ0n) is 8.96. The van der Waals surface area contributed by atoms with Crippen LogP contribution >= 0.6 is 22.9 Å². The van der Waals surface area contributed by atoms with Crippen LogP contribution in [0, 0.1) is 0 Å². The summed E-state index contributed by atoms with van der Waals surface area (Å²) in [4.78, 5) is 12.8. The number of hydrogen-bond donors (Lipinski definition) is 2. The van der Waals surface area contributed by atoms with Crippen LogP contribution in [0.1, 0.15) is 24.1 Å². The summed E-state index contributed by atoms with van der Waals surface area (Å²) in [6.07, 6.45) is 3.10. The quantitative estimate of drug-likeness (QED) is 0.872. The summed E-state index contributed by atoms with van der Waals surface area (Å²) in [6, 6.07) is 1.89. The third-order valence-corrected chi connectivity index (χ3v) is 3.96. The van der Waals surface area contributed by atoms with Crippen LogP contribution in [-0.4, -0.2) is 18.5 Å². The standard InChI is InChI=1S/C11H15ClN2OS/c12-8-5-9(16-7-8)6-14-10-3-1-2-4-13-11(10)15/h5,7,10,14H,1-4,6H2,(H,13,15). The number of carbonyl (C=O) groups is 1. The number of nitrogens with one attached hydrogen (secondary N) is 2. The lowest BCUT2D eigenvalue weighted by Crippen LogP contribution is -2.42. The third kappa shape index (κ3) is 3.20. The van der Waals surface area contributed by atoms with Crippen molar-refractivity contribution < 1.29 is 4.79 Å². The lowest BCUT2D eigenvalue weighted by Gasteiger charge is -2.14. The van der Waals surface area contributed by atoms with E-state index in [2.05, 4.69) is 10.6 Å². The summed E-state index contributed by atoms with van der Waals surface area (Å²) < 4.78 is 0. The maximum Gasteiger partial charge on any atom is 0.237 e. The Morgan fingerprint density at radius 1 is 1.56 bits per heavy atom. The van der Waals surface area contributed by atoms with Gasteiger partial charge in [-0.05, 0) is 25.3 Å². The molecule has 1 aliphatic rings. The second-order valence-corrected chi connectivity index (χ2v) is 5.38. The fourth-order valence-corrected chi connectivity index (χ4v) is 2.83. The van der Waals surface area contributed by atoms with Crippen LogP contribution in [0.3, 0.4) is 0 Å². The first-order valence-electron chi connectivity index (χ1n) is 5.50. The molecule has 2 N–H and O–H groups in total. The lowest BCUT2D eigenvalue weighted by atomic mass is 10.1. The number of halogens is 1. The smallest absolute Gasteiger partial charge is 0.237 e. The second kappa shape index (κ2) is 5.66. The molecular formula is C11H15ClN2OS. The molecule has 2 heterocycles. The van der Waals surface area contributed by atoms with E-state index >= 15 is 0 Å². The summed E-state index contributed by atoms with van der Waals surface area (Å²) in [5, 5.41) is 8.87. The van der Waals surface area contributed by atoms with Crippen LogP contribution in [0.4, 0.5) is 0 Å². The predicted octanol–water partition coefficient (Wildman–Crippen LogP) is 2.16. The molecule has 1 saturated heterocycles. The maximum atomic E-state index is 11.6. The largest absolute Gasteiger partial charge is 0.355 e. The molecule has 1 aromatic heterocycles. The average molecular weight is 259 g/mol. The number of amides is 1. The Balaban J connectivity index is 1.86. The minimum atomic E-state index is -0.0524. The molecule has 2 rings (SSSR count). The van der Waals surface area contributed by atoms with Crippen molar-refractivity contribution in [2.75, 3.05) is 6.54 Å². The second-order valence-electron chi connectivity index (χ2n) is 3.95. The van der Waals surface area contributed by atoms with Crippen molar-refractivity contribution in [3.8, 4) is 0 Å². The minimum Gasteiger partial charge on any atom is -0.355 e. The minimum absolute atomic E-state index is 0.0524. The Morgan fingerprint density at radius 2 is 2.44 bits per heavy atom. The van der Waals surface area contributed by atoms with E-state index in [1.165, 1.54) is 4.88 Å². The van der Waals surface area contributed by atoms with E-state index < -0.39 is 0 Å². The van der Waals surface area contributed by atoms with Gasteiger partial charge in [-0.1, -0.05) is 11.6 Å². The molecule has 0 bridgehead atoms. The summed E-state index contributed by atoms with van der Waals surface area (Å²) in [5.41, 5.74) is 0. The van der Waals surface area contributed by atoms with Crippen molar-refractivity contribution >= 4 is 28.8 Å². The van der Waals surface area contributed by atoms with Crippen molar-refractivity contribution in [3.63, 3.8) is 0 Å². The predicted molar refractivity (Wildman–Crippen MR) is 66.8 cm³/mol. The number of thiophene rings is 1. The molecular weight excluding hydrogens is 244 g/mol.